The Kier molecular flexibility index (Phi) is 5.44. The van der Waals surface area contributed by atoms with Gasteiger partial charge in [0.15, 0.2) is 5.76 Å². The summed E-state index contributed by atoms with van der Waals surface area (Å²) in [5.74, 6) is 0.0139. The van der Waals surface area contributed by atoms with Gasteiger partial charge in [0.25, 0.3) is 0 Å². The number of sulfonamides is 1. The van der Waals surface area contributed by atoms with Crippen LogP contribution in [-0.2, 0) is 14.8 Å². The van der Waals surface area contributed by atoms with Crippen LogP contribution >= 0.6 is 15.9 Å². The number of hydrogen-bond donors (Lipinski definition) is 1. The van der Waals surface area contributed by atoms with Crippen molar-refractivity contribution in [1.29, 1.82) is 0 Å². The van der Waals surface area contributed by atoms with E-state index in [9.17, 15) is 13.2 Å². The molecule has 8 nitrogen and oxygen atoms in total. The number of hydrogen-bond acceptors (Lipinski definition) is 6. The lowest BCUT2D eigenvalue weighted by Gasteiger charge is -2.31. The minimum Gasteiger partial charge on any atom is -0.360 e. The van der Waals surface area contributed by atoms with Crippen LogP contribution in [0.3, 0.4) is 0 Å². The lowest BCUT2D eigenvalue weighted by atomic mass is 9.99. The number of aromatic nitrogens is 2. The third-order valence-electron chi connectivity index (χ3n) is 4.30. The smallest absolute Gasteiger partial charge is 0.248 e. The van der Waals surface area contributed by atoms with Gasteiger partial charge in [0.1, 0.15) is 16.4 Å². The molecule has 3 rings (SSSR count). The van der Waals surface area contributed by atoms with Gasteiger partial charge in [0.05, 0.1) is 5.92 Å². The molecule has 2 aromatic rings. The Bertz CT molecular complexity index is 891. The molecular weight excluding hydrogens is 424 g/mol. The zero-order chi connectivity index (χ0) is 18.9. The molecule has 0 saturated carbocycles. The molecule has 3 heterocycles. The number of aryl methyl sites for hydroxylation is 2. The molecule has 0 aromatic carbocycles. The third kappa shape index (κ3) is 3.81. The number of carbonyl (C=O) groups is 1. The Morgan fingerprint density at radius 3 is 2.77 bits per heavy atom. The van der Waals surface area contributed by atoms with Crippen molar-refractivity contribution in [2.45, 2.75) is 31.6 Å². The molecule has 26 heavy (non-hydrogen) atoms. The van der Waals surface area contributed by atoms with Gasteiger partial charge in [-0.05, 0) is 54.8 Å². The van der Waals surface area contributed by atoms with Crippen LogP contribution in [0.1, 0.15) is 24.3 Å². The first-order chi connectivity index (χ1) is 12.3. The van der Waals surface area contributed by atoms with Crippen molar-refractivity contribution < 1.29 is 17.7 Å². The van der Waals surface area contributed by atoms with E-state index in [1.807, 2.05) is 0 Å². The first-order valence-corrected chi connectivity index (χ1v) is 10.4. The maximum atomic E-state index is 12.9. The summed E-state index contributed by atoms with van der Waals surface area (Å²) >= 11 is 3.29. The van der Waals surface area contributed by atoms with E-state index in [1.165, 1.54) is 4.31 Å². The number of carbonyl (C=O) groups excluding carboxylic acids is 1. The second kappa shape index (κ2) is 7.45. The van der Waals surface area contributed by atoms with Gasteiger partial charge in [-0.1, -0.05) is 5.16 Å². The van der Waals surface area contributed by atoms with Gasteiger partial charge >= 0.3 is 0 Å². The van der Waals surface area contributed by atoms with Crippen LogP contribution in [0.2, 0.25) is 0 Å². The van der Waals surface area contributed by atoms with Crippen LogP contribution in [0.15, 0.2) is 32.2 Å². The van der Waals surface area contributed by atoms with E-state index in [0.29, 0.717) is 30.9 Å². The third-order valence-corrected chi connectivity index (χ3v) is 6.88. The summed E-state index contributed by atoms with van der Waals surface area (Å²) in [6, 6.07) is 3.46. The minimum absolute atomic E-state index is 0.0909. The molecule has 1 amide bonds. The molecule has 1 aliphatic heterocycles. The van der Waals surface area contributed by atoms with Crippen molar-refractivity contribution in [3.63, 3.8) is 0 Å². The number of rotatable bonds is 4. The summed E-state index contributed by atoms with van der Waals surface area (Å²) in [4.78, 5) is 16.7. The van der Waals surface area contributed by atoms with Gasteiger partial charge < -0.3 is 9.84 Å². The lowest BCUT2D eigenvalue weighted by molar-refractivity contribution is -0.120. The normalized spacial score (nSPS) is 18.7. The molecule has 140 valence electrons. The summed E-state index contributed by atoms with van der Waals surface area (Å²) in [5.41, 5.74) is 0.327. The predicted octanol–water partition coefficient (Wildman–Crippen LogP) is 2.49. The van der Waals surface area contributed by atoms with E-state index in [4.69, 9.17) is 4.52 Å². The Morgan fingerprint density at radius 1 is 1.38 bits per heavy atom. The minimum atomic E-state index is -3.75. The Labute approximate surface area is 160 Å². The molecule has 1 N–H and O–H groups in total. The zero-order valence-corrected chi connectivity index (χ0v) is 16.8. The highest BCUT2D eigenvalue weighted by molar-refractivity contribution is 9.10. The van der Waals surface area contributed by atoms with Crippen LogP contribution in [0.25, 0.3) is 0 Å². The monoisotopic (exact) mass is 442 g/mol. The van der Waals surface area contributed by atoms with Crippen LogP contribution in [-0.4, -0.2) is 41.9 Å². The molecule has 0 radical (unpaired) electrons. The Balaban J connectivity index is 1.74. The second-order valence-electron chi connectivity index (χ2n) is 6.21. The largest absolute Gasteiger partial charge is 0.360 e. The van der Waals surface area contributed by atoms with Crippen molar-refractivity contribution in [1.82, 2.24) is 14.4 Å². The standard InChI is InChI=1S/C16H19BrN4O4S/c1-10-15(11(2)25-20-10)26(23,24)21-7-3-4-12(9-21)16(22)19-14-6-5-13(17)8-18-14/h5-6,8,12H,3-4,7,9H2,1-2H3,(H,18,19,22). The molecule has 2 aromatic heterocycles. The highest BCUT2D eigenvalue weighted by Crippen LogP contribution is 2.28. The number of nitrogens with one attached hydrogen (secondary N) is 1. The van der Waals surface area contributed by atoms with Gasteiger partial charge in [-0.3, -0.25) is 4.79 Å². The highest BCUT2D eigenvalue weighted by Gasteiger charge is 2.36. The summed E-state index contributed by atoms with van der Waals surface area (Å²) in [6.45, 7) is 3.65. The second-order valence-corrected chi connectivity index (χ2v) is 9.00. The number of halogens is 1. The molecular formula is C16H19BrN4O4S. The van der Waals surface area contributed by atoms with Crippen molar-refractivity contribution in [3.8, 4) is 0 Å². The molecule has 1 aliphatic rings. The highest BCUT2D eigenvalue weighted by atomic mass is 79.9. The maximum absolute atomic E-state index is 12.9. The summed E-state index contributed by atoms with van der Waals surface area (Å²) in [5, 5.41) is 6.47. The molecule has 1 atom stereocenters. The number of anilines is 1. The Morgan fingerprint density at radius 2 is 2.15 bits per heavy atom. The van der Waals surface area contributed by atoms with Gasteiger partial charge in [-0.25, -0.2) is 13.4 Å². The van der Waals surface area contributed by atoms with E-state index >= 15 is 0 Å². The topological polar surface area (TPSA) is 105 Å². The molecule has 0 aliphatic carbocycles. The lowest BCUT2D eigenvalue weighted by Crippen LogP contribution is -2.44. The van der Waals surface area contributed by atoms with Crippen LogP contribution in [0, 0.1) is 19.8 Å². The number of pyridine rings is 1. The average Bonchev–Trinajstić information content (AvgIpc) is 2.96. The molecule has 1 unspecified atom stereocenters. The van der Waals surface area contributed by atoms with E-state index in [1.54, 1.807) is 32.2 Å². The van der Waals surface area contributed by atoms with Gasteiger partial charge in [-0.2, -0.15) is 4.31 Å². The quantitative estimate of drug-likeness (QED) is 0.779. The maximum Gasteiger partial charge on any atom is 0.248 e. The Hall–Kier alpha value is -1.78. The van der Waals surface area contributed by atoms with Crippen molar-refractivity contribution in [2.75, 3.05) is 18.4 Å². The van der Waals surface area contributed by atoms with Crippen molar-refractivity contribution in [2.24, 2.45) is 5.92 Å². The molecule has 0 bridgehead atoms. The first-order valence-electron chi connectivity index (χ1n) is 8.14. The van der Waals surface area contributed by atoms with Crippen molar-refractivity contribution >= 4 is 37.7 Å². The fourth-order valence-electron chi connectivity index (χ4n) is 3.02. The number of amides is 1. The molecule has 1 fully saturated rings. The first kappa shape index (κ1) is 19.0. The summed E-state index contributed by atoms with van der Waals surface area (Å²) < 4.78 is 33.0. The van der Waals surface area contributed by atoms with E-state index in [-0.39, 0.29) is 23.1 Å². The summed E-state index contributed by atoms with van der Waals surface area (Å²) in [7, 11) is -3.75. The molecule has 10 heteroatoms. The van der Waals surface area contributed by atoms with Gasteiger partial charge in [0.2, 0.25) is 15.9 Å². The molecule has 1 saturated heterocycles. The molecule has 0 spiro atoms. The predicted molar refractivity (Wildman–Crippen MR) is 98.0 cm³/mol. The number of nitrogens with zero attached hydrogens (tertiary/aromatic N) is 3. The SMILES string of the molecule is Cc1noc(C)c1S(=O)(=O)N1CCCC(C(=O)Nc2ccc(Br)cn2)C1. The van der Waals surface area contributed by atoms with Crippen LogP contribution in [0.5, 0.6) is 0 Å². The fourth-order valence-corrected chi connectivity index (χ4v) is 5.07. The summed E-state index contributed by atoms with van der Waals surface area (Å²) in [6.07, 6.45) is 2.81. The van der Waals surface area contributed by atoms with E-state index < -0.39 is 15.9 Å². The fraction of sp³-hybridized carbons (Fsp3) is 0.438. The van der Waals surface area contributed by atoms with Crippen LogP contribution in [0.4, 0.5) is 5.82 Å². The average molecular weight is 443 g/mol. The van der Waals surface area contributed by atoms with Crippen LogP contribution < -0.4 is 5.32 Å². The van der Waals surface area contributed by atoms with Crippen molar-refractivity contribution in [3.05, 3.63) is 34.3 Å². The number of piperidine rings is 1. The zero-order valence-electron chi connectivity index (χ0n) is 14.4. The van der Waals surface area contributed by atoms with E-state index in [2.05, 4.69) is 31.4 Å². The van der Waals surface area contributed by atoms with Gasteiger partial charge in [-0.15, -0.1) is 0 Å². The van der Waals surface area contributed by atoms with E-state index in [0.717, 1.165) is 4.47 Å². The van der Waals surface area contributed by atoms with Gasteiger partial charge in [0, 0.05) is 23.8 Å².